The maximum absolute atomic E-state index is 12.9. The molecule has 1 amide bonds. The van der Waals surface area contributed by atoms with E-state index in [-0.39, 0.29) is 27.0 Å². The Morgan fingerprint density at radius 1 is 1.15 bits per heavy atom. The van der Waals surface area contributed by atoms with Gasteiger partial charge in [0.2, 0.25) is 5.91 Å². The quantitative estimate of drug-likeness (QED) is 0.655. The summed E-state index contributed by atoms with van der Waals surface area (Å²) in [5.41, 5.74) is 0.285. The predicted molar refractivity (Wildman–Crippen MR) is 102 cm³/mol. The number of halogens is 3. The van der Waals surface area contributed by atoms with Crippen LogP contribution in [0.5, 0.6) is 0 Å². The van der Waals surface area contributed by atoms with Crippen LogP contribution in [-0.4, -0.2) is 31.7 Å². The van der Waals surface area contributed by atoms with Gasteiger partial charge < -0.3 is 10.4 Å². The van der Waals surface area contributed by atoms with Crippen molar-refractivity contribution in [2.45, 2.75) is 17.9 Å². The summed E-state index contributed by atoms with van der Waals surface area (Å²) in [6.45, 7) is 1.27. The van der Waals surface area contributed by atoms with Crippen molar-refractivity contribution in [1.29, 1.82) is 0 Å². The molecule has 0 bridgehead atoms. The topological polar surface area (TPSA) is 83.5 Å². The number of rotatable bonds is 7. The Bertz CT molecular complexity index is 899. The fraction of sp³-hybridized carbons (Fsp3) is 0.278. The molecule has 0 spiro atoms. The first-order valence-corrected chi connectivity index (χ1v) is 10.4. The summed E-state index contributed by atoms with van der Waals surface area (Å²) in [7, 11) is -3.76. The van der Waals surface area contributed by atoms with Crippen LogP contribution in [0, 0.1) is 11.7 Å². The van der Waals surface area contributed by atoms with Crippen LogP contribution in [0.2, 0.25) is 10.0 Å². The van der Waals surface area contributed by atoms with Crippen LogP contribution in [0.3, 0.4) is 0 Å². The molecular weight excluding hydrogens is 416 g/mol. The molecule has 0 aromatic heterocycles. The second kappa shape index (κ2) is 9.01. The molecule has 0 unspecified atom stereocenters. The third kappa shape index (κ3) is 5.65. The number of sulfone groups is 1. The zero-order valence-electron chi connectivity index (χ0n) is 14.3. The van der Waals surface area contributed by atoms with E-state index in [0.717, 1.165) is 24.3 Å². The van der Waals surface area contributed by atoms with Crippen LogP contribution in [0.4, 0.5) is 4.39 Å². The van der Waals surface area contributed by atoms with E-state index in [9.17, 15) is 22.7 Å². The standard InChI is InChI=1S/C18H18Cl2FNO4S/c1-11(10-27(25,26)13-7-5-12(21)6-8-13)18(24)22-9-16(23)17-14(19)3-2-4-15(17)20/h2-8,11,16,23H,9-10H2,1H3,(H,22,24)/t11-,16+/m0/s1. The summed E-state index contributed by atoms with van der Waals surface area (Å²) < 4.78 is 37.6. The first-order valence-electron chi connectivity index (χ1n) is 8.00. The molecule has 0 saturated carbocycles. The number of carbonyl (C=O) groups excluding carboxylic acids is 1. The van der Waals surface area contributed by atoms with Crippen molar-refractivity contribution in [3.05, 3.63) is 63.9 Å². The zero-order chi connectivity index (χ0) is 20.2. The molecule has 2 aromatic rings. The van der Waals surface area contributed by atoms with Gasteiger partial charge in [0.1, 0.15) is 5.82 Å². The highest BCUT2D eigenvalue weighted by molar-refractivity contribution is 7.91. The molecule has 0 aliphatic rings. The van der Waals surface area contributed by atoms with Crippen molar-refractivity contribution >= 4 is 38.9 Å². The zero-order valence-corrected chi connectivity index (χ0v) is 16.7. The van der Waals surface area contributed by atoms with Gasteiger partial charge in [0.15, 0.2) is 9.84 Å². The average Bonchev–Trinajstić information content (AvgIpc) is 2.59. The van der Waals surface area contributed by atoms with Crippen molar-refractivity contribution < 1.29 is 22.7 Å². The molecule has 0 saturated heterocycles. The summed E-state index contributed by atoms with van der Waals surface area (Å²) in [6, 6.07) is 9.14. The number of amides is 1. The Balaban J connectivity index is 1.98. The fourth-order valence-electron chi connectivity index (χ4n) is 2.45. The molecule has 146 valence electrons. The van der Waals surface area contributed by atoms with Crippen LogP contribution in [0.1, 0.15) is 18.6 Å². The molecule has 2 aromatic carbocycles. The molecule has 9 heteroatoms. The van der Waals surface area contributed by atoms with Gasteiger partial charge in [-0.15, -0.1) is 0 Å². The maximum Gasteiger partial charge on any atom is 0.223 e. The number of benzene rings is 2. The van der Waals surface area contributed by atoms with Gasteiger partial charge in [0.25, 0.3) is 0 Å². The second-order valence-corrected chi connectivity index (χ2v) is 8.88. The highest BCUT2D eigenvalue weighted by atomic mass is 35.5. The lowest BCUT2D eigenvalue weighted by molar-refractivity contribution is -0.124. The summed E-state index contributed by atoms with van der Waals surface area (Å²) in [4.78, 5) is 12.1. The third-order valence-electron chi connectivity index (χ3n) is 3.89. The molecule has 0 aliphatic carbocycles. The minimum Gasteiger partial charge on any atom is -0.386 e. The van der Waals surface area contributed by atoms with E-state index in [0.29, 0.717) is 0 Å². The lowest BCUT2D eigenvalue weighted by Gasteiger charge is -2.17. The maximum atomic E-state index is 12.9. The largest absolute Gasteiger partial charge is 0.386 e. The normalized spacial score (nSPS) is 13.8. The van der Waals surface area contributed by atoms with Crippen molar-refractivity contribution in [3.8, 4) is 0 Å². The molecule has 27 heavy (non-hydrogen) atoms. The van der Waals surface area contributed by atoms with Gasteiger partial charge in [-0.3, -0.25) is 4.79 Å². The second-order valence-electron chi connectivity index (χ2n) is 6.03. The first-order chi connectivity index (χ1) is 12.6. The number of aliphatic hydroxyl groups is 1. The smallest absolute Gasteiger partial charge is 0.223 e. The van der Waals surface area contributed by atoms with Crippen molar-refractivity contribution in [3.63, 3.8) is 0 Å². The summed E-state index contributed by atoms with van der Waals surface area (Å²) >= 11 is 12.0. The van der Waals surface area contributed by atoms with E-state index in [4.69, 9.17) is 23.2 Å². The van der Waals surface area contributed by atoms with Gasteiger partial charge >= 0.3 is 0 Å². The third-order valence-corrected chi connectivity index (χ3v) is 6.48. The van der Waals surface area contributed by atoms with E-state index in [2.05, 4.69) is 5.32 Å². The minimum atomic E-state index is -3.76. The van der Waals surface area contributed by atoms with Crippen LogP contribution in [0.25, 0.3) is 0 Å². The highest BCUT2D eigenvalue weighted by Crippen LogP contribution is 2.29. The molecule has 2 N–H and O–H groups in total. The SMILES string of the molecule is C[C@@H](CS(=O)(=O)c1ccc(F)cc1)C(=O)NC[C@@H](O)c1c(Cl)cccc1Cl. The Morgan fingerprint density at radius 3 is 2.26 bits per heavy atom. The Kier molecular flexibility index (Phi) is 7.22. The van der Waals surface area contributed by atoms with E-state index in [1.54, 1.807) is 18.2 Å². The molecule has 0 fully saturated rings. The van der Waals surface area contributed by atoms with Gasteiger partial charge in [0, 0.05) is 28.1 Å². The highest BCUT2D eigenvalue weighted by Gasteiger charge is 2.24. The summed E-state index contributed by atoms with van der Waals surface area (Å²) in [5.74, 6) is -2.43. The van der Waals surface area contributed by atoms with Crippen LogP contribution >= 0.6 is 23.2 Å². The van der Waals surface area contributed by atoms with Gasteiger partial charge in [-0.2, -0.15) is 0 Å². The predicted octanol–water partition coefficient (Wildman–Crippen LogP) is 3.39. The van der Waals surface area contributed by atoms with Gasteiger partial charge in [-0.1, -0.05) is 36.2 Å². The average molecular weight is 434 g/mol. The van der Waals surface area contributed by atoms with Gasteiger partial charge in [-0.05, 0) is 36.4 Å². The Labute approximate surface area is 167 Å². The lowest BCUT2D eigenvalue weighted by atomic mass is 10.1. The minimum absolute atomic E-state index is 0.0635. The molecule has 0 aliphatic heterocycles. The van der Waals surface area contributed by atoms with Gasteiger partial charge in [-0.25, -0.2) is 12.8 Å². The number of nitrogens with one attached hydrogen (secondary N) is 1. The van der Waals surface area contributed by atoms with Crippen molar-refractivity contribution in [2.75, 3.05) is 12.3 Å². The number of aliphatic hydroxyl groups excluding tert-OH is 1. The lowest BCUT2D eigenvalue weighted by Crippen LogP contribution is -2.35. The summed E-state index contributed by atoms with van der Waals surface area (Å²) in [6.07, 6.45) is -1.14. The van der Waals surface area contributed by atoms with E-state index in [1.165, 1.54) is 6.92 Å². The van der Waals surface area contributed by atoms with Crippen LogP contribution in [0.15, 0.2) is 47.4 Å². The molecular formula is C18H18Cl2FNO4S. The molecule has 2 atom stereocenters. The molecule has 5 nitrogen and oxygen atoms in total. The molecule has 2 rings (SSSR count). The number of carbonyl (C=O) groups is 1. The first kappa shape index (κ1) is 21.6. The van der Waals surface area contributed by atoms with Crippen molar-refractivity contribution in [1.82, 2.24) is 5.32 Å². The number of hydrogen-bond donors (Lipinski definition) is 2. The van der Waals surface area contributed by atoms with E-state index < -0.39 is 39.3 Å². The van der Waals surface area contributed by atoms with Gasteiger partial charge in [0.05, 0.1) is 16.8 Å². The summed E-state index contributed by atoms with van der Waals surface area (Å²) in [5, 5.41) is 13.2. The van der Waals surface area contributed by atoms with E-state index in [1.807, 2.05) is 0 Å². The van der Waals surface area contributed by atoms with Crippen molar-refractivity contribution in [2.24, 2.45) is 5.92 Å². The fourth-order valence-corrected chi connectivity index (χ4v) is 4.65. The molecule has 0 radical (unpaired) electrons. The molecule has 0 heterocycles. The Morgan fingerprint density at radius 2 is 1.70 bits per heavy atom. The van der Waals surface area contributed by atoms with Crippen LogP contribution in [-0.2, 0) is 14.6 Å². The monoisotopic (exact) mass is 433 g/mol. The Hall–Kier alpha value is -1.67. The van der Waals surface area contributed by atoms with E-state index >= 15 is 0 Å². The number of hydrogen-bond acceptors (Lipinski definition) is 4. The van der Waals surface area contributed by atoms with Crippen LogP contribution < -0.4 is 5.32 Å².